The molecule has 4 nitrogen and oxygen atoms in total. The summed E-state index contributed by atoms with van der Waals surface area (Å²) in [6.07, 6.45) is 9.56. The maximum atomic E-state index is 12.2. The molecule has 0 bridgehead atoms. The van der Waals surface area contributed by atoms with Crippen LogP contribution in [-0.4, -0.2) is 34.5 Å². The molecular weight excluding hydrogens is 352 g/mol. The number of esters is 1. The number of hydrogen-bond donors (Lipinski definition) is 2. The van der Waals surface area contributed by atoms with E-state index in [0.29, 0.717) is 12.5 Å². The van der Waals surface area contributed by atoms with Gasteiger partial charge in [-0.3, -0.25) is 0 Å². The predicted molar refractivity (Wildman–Crippen MR) is 106 cm³/mol. The summed E-state index contributed by atoms with van der Waals surface area (Å²) in [5.41, 5.74) is -0.202. The number of carbonyl (C=O) groups is 1. The summed E-state index contributed by atoms with van der Waals surface area (Å²) in [7, 11) is 0. The van der Waals surface area contributed by atoms with Crippen molar-refractivity contribution in [1.82, 2.24) is 0 Å². The van der Waals surface area contributed by atoms with E-state index in [1.54, 1.807) is 6.08 Å². The SMILES string of the molecule is C[C@@H]1CC[C@@]2(C)[C@H](CCC3[C@@H]2C[C@@H](O)[C@]2(C)[C@@H](C4=CC(=O)OC4)CC[C@]32O)C1. The molecule has 0 aromatic carbocycles. The molecule has 0 amide bonds. The Kier molecular flexibility index (Phi) is 4.15. The van der Waals surface area contributed by atoms with Crippen molar-refractivity contribution in [2.24, 2.45) is 40.4 Å². The van der Waals surface area contributed by atoms with Crippen molar-refractivity contribution in [3.8, 4) is 0 Å². The fraction of sp³-hybridized carbons (Fsp3) is 0.875. The molecule has 4 aliphatic carbocycles. The maximum absolute atomic E-state index is 12.2. The molecule has 5 rings (SSSR count). The number of hydrogen-bond acceptors (Lipinski definition) is 4. The number of ether oxygens (including phenoxy) is 1. The number of carbonyl (C=O) groups excluding carboxylic acids is 1. The van der Waals surface area contributed by atoms with Crippen molar-refractivity contribution in [2.75, 3.05) is 6.61 Å². The first kappa shape index (κ1) is 19.1. The highest BCUT2D eigenvalue weighted by atomic mass is 16.5. The number of aliphatic hydroxyl groups is 2. The Balaban J connectivity index is 1.51. The zero-order valence-electron chi connectivity index (χ0n) is 17.6. The third kappa shape index (κ3) is 2.28. The van der Waals surface area contributed by atoms with Crippen molar-refractivity contribution >= 4 is 5.97 Å². The van der Waals surface area contributed by atoms with Gasteiger partial charge in [-0.05, 0) is 85.5 Å². The van der Waals surface area contributed by atoms with Gasteiger partial charge in [0.05, 0.1) is 11.7 Å². The van der Waals surface area contributed by atoms with Gasteiger partial charge in [0.1, 0.15) is 6.61 Å². The molecule has 9 atom stereocenters. The van der Waals surface area contributed by atoms with Crippen LogP contribution < -0.4 is 0 Å². The van der Waals surface area contributed by atoms with Gasteiger partial charge in [-0.25, -0.2) is 4.79 Å². The molecule has 4 heteroatoms. The molecule has 1 heterocycles. The lowest BCUT2D eigenvalue weighted by molar-refractivity contribution is -0.243. The van der Waals surface area contributed by atoms with Crippen LogP contribution in [0.4, 0.5) is 0 Å². The van der Waals surface area contributed by atoms with Crippen molar-refractivity contribution < 1.29 is 19.7 Å². The van der Waals surface area contributed by atoms with Crippen LogP contribution in [0.1, 0.15) is 72.1 Å². The van der Waals surface area contributed by atoms with Gasteiger partial charge in [-0.1, -0.05) is 27.2 Å². The molecule has 1 aliphatic heterocycles. The second-order valence-corrected chi connectivity index (χ2v) is 11.2. The molecule has 28 heavy (non-hydrogen) atoms. The smallest absolute Gasteiger partial charge is 0.331 e. The van der Waals surface area contributed by atoms with Crippen molar-refractivity contribution in [2.45, 2.75) is 83.8 Å². The lowest BCUT2D eigenvalue weighted by Gasteiger charge is -2.65. The molecule has 5 aliphatic rings. The summed E-state index contributed by atoms with van der Waals surface area (Å²) in [4.78, 5) is 11.7. The van der Waals surface area contributed by atoms with Crippen LogP contribution in [0.3, 0.4) is 0 Å². The average molecular weight is 389 g/mol. The summed E-state index contributed by atoms with van der Waals surface area (Å²) < 4.78 is 5.18. The molecular formula is C24H36O4. The number of aliphatic hydroxyl groups excluding tert-OH is 1. The Morgan fingerprint density at radius 1 is 1.07 bits per heavy atom. The van der Waals surface area contributed by atoms with Gasteiger partial charge in [0.15, 0.2) is 0 Å². The molecule has 0 radical (unpaired) electrons. The van der Waals surface area contributed by atoms with Crippen molar-refractivity contribution in [3.05, 3.63) is 11.6 Å². The standard InChI is InChI=1S/C24H36O4/c1-14-6-8-22(2)16(10-14)4-5-18-19(22)12-20(25)23(3)17(7-9-24(18,23)27)15-11-21(26)28-13-15/h11,14,16-20,25,27H,4-10,12-13H2,1-3H3/t14-,16-,17-,18?,19+,20-,22+,23+,24+/m1/s1. The van der Waals surface area contributed by atoms with Crippen molar-refractivity contribution in [1.29, 1.82) is 0 Å². The minimum atomic E-state index is -0.844. The normalized spacial score (nSPS) is 55.8. The van der Waals surface area contributed by atoms with E-state index < -0.39 is 17.1 Å². The van der Waals surface area contributed by atoms with Crippen LogP contribution in [0.5, 0.6) is 0 Å². The first-order chi connectivity index (χ1) is 13.2. The number of rotatable bonds is 1. The van der Waals surface area contributed by atoms with Crippen LogP contribution in [-0.2, 0) is 9.53 Å². The summed E-state index contributed by atoms with van der Waals surface area (Å²) in [5.74, 6) is 1.97. The lowest BCUT2D eigenvalue weighted by atomic mass is 9.42. The average Bonchev–Trinajstić information content (AvgIpc) is 3.19. The Morgan fingerprint density at radius 3 is 2.57 bits per heavy atom. The van der Waals surface area contributed by atoms with Crippen LogP contribution in [0.15, 0.2) is 11.6 Å². The third-order valence-electron chi connectivity index (χ3n) is 10.3. The number of fused-ring (bicyclic) bond motifs is 5. The molecule has 4 saturated carbocycles. The second-order valence-electron chi connectivity index (χ2n) is 11.2. The van der Waals surface area contributed by atoms with Crippen LogP contribution in [0.2, 0.25) is 0 Å². The fourth-order valence-corrected chi connectivity index (χ4v) is 8.60. The quantitative estimate of drug-likeness (QED) is 0.670. The molecule has 156 valence electrons. The van der Waals surface area contributed by atoms with E-state index in [9.17, 15) is 15.0 Å². The molecule has 0 aromatic heterocycles. The van der Waals surface area contributed by atoms with Gasteiger partial charge in [0, 0.05) is 11.5 Å². The van der Waals surface area contributed by atoms with E-state index in [4.69, 9.17) is 4.74 Å². The topological polar surface area (TPSA) is 66.8 Å². The highest BCUT2D eigenvalue weighted by Crippen LogP contribution is 2.70. The van der Waals surface area contributed by atoms with E-state index in [0.717, 1.165) is 43.1 Å². The molecule has 0 spiro atoms. The first-order valence-electron chi connectivity index (χ1n) is 11.5. The van der Waals surface area contributed by atoms with Crippen molar-refractivity contribution in [3.63, 3.8) is 0 Å². The Labute approximate surface area is 168 Å². The highest BCUT2D eigenvalue weighted by Gasteiger charge is 2.70. The Bertz CT molecular complexity index is 715. The minimum absolute atomic E-state index is 0.0387. The minimum Gasteiger partial charge on any atom is -0.458 e. The predicted octanol–water partition coefficient (Wildman–Crippen LogP) is 3.85. The zero-order valence-corrected chi connectivity index (χ0v) is 17.6. The fourth-order valence-electron chi connectivity index (χ4n) is 8.60. The van der Waals surface area contributed by atoms with Crippen LogP contribution in [0, 0.1) is 40.4 Å². The Hall–Kier alpha value is -0.870. The molecule has 0 saturated heterocycles. The highest BCUT2D eigenvalue weighted by molar-refractivity contribution is 5.85. The summed E-state index contributed by atoms with van der Waals surface area (Å²) in [5, 5.41) is 23.7. The van der Waals surface area contributed by atoms with Crippen LogP contribution in [0.25, 0.3) is 0 Å². The van der Waals surface area contributed by atoms with E-state index in [-0.39, 0.29) is 23.2 Å². The van der Waals surface area contributed by atoms with Crippen LogP contribution >= 0.6 is 0 Å². The van der Waals surface area contributed by atoms with Gasteiger partial charge < -0.3 is 14.9 Å². The summed E-state index contributed by atoms with van der Waals surface area (Å²) in [6.45, 7) is 7.25. The molecule has 2 N–H and O–H groups in total. The summed E-state index contributed by atoms with van der Waals surface area (Å²) >= 11 is 0. The summed E-state index contributed by atoms with van der Waals surface area (Å²) in [6, 6.07) is 0. The van der Waals surface area contributed by atoms with Gasteiger partial charge in [-0.2, -0.15) is 0 Å². The van der Waals surface area contributed by atoms with E-state index in [1.807, 2.05) is 0 Å². The van der Waals surface area contributed by atoms with E-state index >= 15 is 0 Å². The van der Waals surface area contributed by atoms with E-state index in [1.165, 1.54) is 25.7 Å². The Morgan fingerprint density at radius 2 is 1.86 bits per heavy atom. The molecule has 4 fully saturated rings. The van der Waals surface area contributed by atoms with E-state index in [2.05, 4.69) is 20.8 Å². The largest absolute Gasteiger partial charge is 0.458 e. The second kappa shape index (κ2) is 6.07. The zero-order chi connectivity index (χ0) is 19.9. The maximum Gasteiger partial charge on any atom is 0.331 e. The first-order valence-corrected chi connectivity index (χ1v) is 11.5. The monoisotopic (exact) mass is 388 g/mol. The van der Waals surface area contributed by atoms with Gasteiger partial charge in [-0.15, -0.1) is 0 Å². The molecule has 0 aromatic rings. The molecule has 1 unspecified atom stereocenters. The van der Waals surface area contributed by atoms with Gasteiger partial charge >= 0.3 is 5.97 Å². The van der Waals surface area contributed by atoms with Gasteiger partial charge in [0.25, 0.3) is 0 Å². The lowest BCUT2D eigenvalue weighted by Crippen LogP contribution is -2.66. The van der Waals surface area contributed by atoms with Gasteiger partial charge in [0.2, 0.25) is 0 Å². The number of cyclic esters (lactones) is 1. The third-order valence-corrected chi connectivity index (χ3v) is 10.3.